The molecule has 2 rings (SSSR count). The van der Waals surface area contributed by atoms with E-state index in [2.05, 4.69) is 18.3 Å². The van der Waals surface area contributed by atoms with Crippen molar-refractivity contribution in [1.29, 1.82) is 0 Å². The monoisotopic (exact) mass is 223 g/mol. The minimum Gasteiger partial charge on any atom is -0.325 e. The van der Waals surface area contributed by atoms with E-state index < -0.39 is 0 Å². The van der Waals surface area contributed by atoms with Crippen LogP contribution in [0.1, 0.15) is 37.3 Å². The fraction of sp³-hybridized carbons (Fsp3) is 0.417. The van der Waals surface area contributed by atoms with Crippen LogP contribution in [0.2, 0.25) is 5.02 Å². The molecular formula is C12H14ClNO. The molecule has 0 bridgehead atoms. The highest BCUT2D eigenvalue weighted by Crippen LogP contribution is 2.41. The molecule has 80 valence electrons. The van der Waals surface area contributed by atoms with Crippen molar-refractivity contribution in [2.45, 2.75) is 32.6 Å². The molecule has 1 aliphatic carbocycles. The zero-order valence-corrected chi connectivity index (χ0v) is 9.69. The molecule has 1 aromatic carbocycles. The van der Waals surface area contributed by atoms with Crippen molar-refractivity contribution in [3.8, 4) is 0 Å². The first-order valence-electron chi connectivity index (χ1n) is 5.18. The highest BCUT2D eigenvalue weighted by molar-refractivity contribution is 6.34. The summed E-state index contributed by atoms with van der Waals surface area (Å²) in [5.74, 6) is 0.420. The van der Waals surface area contributed by atoms with Crippen LogP contribution >= 0.6 is 11.6 Å². The van der Waals surface area contributed by atoms with Gasteiger partial charge in [-0.15, -0.1) is 0 Å². The van der Waals surface area contributed by atoms with Gasteiger partial charge in [-0.25, -0.2) is 0 Å². The Bertz CT molecular complexity index is 414. The molecule has 0 spiro atoms. The van der Waals surface area contributed by atoms with Gasteiger partial charge in [-0.1, -0.05) is 24.6 Å². The SMILES string of the molecule is CC(=O)Nc1ccc2c(c1Cl)C(C)CC2. The van der Waals surface area contributed by atoms with Gasteiger partial charge in [0.2, 0.25) is 5.91 Å². The van der Waals surface area contributed by atoms with Crippen molar-refractivity contribution in [1.82, 2.24) is 0 Å². The molecule has 2 nitrogen and oxygen atoms in total. The number of rotatable bonds is 1. The van der Waals surface area contributed by atoms with E-state index in [9.17, 15) is 4.79 Å². The second-order valence-electron chi connectivity index (χ2n) is 4.12. The van der Waals surface area contributed by atoms with Gasteiger partial charge in [0, 0.05) is 6.92 Å². The summed E-state index contributed by atoms with van der Waals surface area (Å²) in [6, 6.07) is 3.95. The first-order chi connectivity index (χ1) is 7.09. The maximum atomic E-state index is 11.0. The number of carbonyl (C=O) groups excluding carboxylic acids is 1. The predicted octanol–water partition coefficient (Wildman–Crippen LogP) is 3.35. The molecule has 1 atom stereocenters. The predicted molar refractivity (Wildman–Crippen MR) is 62.5 cm³/mol. The van der Waals surface area contributed by atoms with Crippen LogP contribution in [0.4, 0.5) is 5.69 Å². The van der Waals surface area contributed by atoms with Gasteiger partial charge in [0.05, 0.1) is 10.7 Å². The molecule has 3 heteroatoms. The van der Waals surface area contributed by atoms with Gasteiger partial charge < -0.3 is 5.32 Å². The van der Waals surface area contributed by atoms with Crippen molar-refractivity contribution in [3.05, 3.63) is 28.3 Å². The summed E-state index contributed by atoms with van der Waals surface area (Å²) >= 11 is 6.28. The quantitative estimate of drug-likeness (QED) is 0.777. The number of amides is 1. The first-order valence-corrected chi connectivity index (χ1v) is 5.56. The molecular weight excluding hydrogens is 210 g/mol. The number of benzene rings is 1. The van der Waals surface area contributed by atoms with Gasteiger partial charge in [0.1, 0.15) is 0 Å². The third-order valence-corrected chi connectivity index (χ3v) is 3.33. The Kier molecular flexibility index (Phi) is 2.70. The third-order valence-electron chi connectivity index (χ3n) is 2.92. The van der Waals surface area contributed by atoms with Crippen LogP contribution in [-0.4, -0.2) is 5.91 Å². The van der Waals surface area contributed by atoms with Crippen molar-refractivity contribution in [3.63, 3.8) is 0 Å². The lowest BCUT2D eigenvalue weighted by Crippen LogP contribution is -2.07. The molecule has 0 saturated carbocycles. The van der Waals surface area contributed by atoms with E-state index in [-0.39, 0.29) is 5.91 Å². The number of carbonyl (C=O) groups is 1. The number of fused-ring (bicyclic) bond motifs is 1. The number of hydrogen-bond donors (Lipinski definition) is 1. The number of halogens is 1. The van der Waals surface area contributed by atoms with Crippen LogP contribution in [0.3, 0.4) is 0 Å². The summed E-state index contributed by atoms with van der Waals surface area (Å²) in [4.78, 5) is 11.0. The standard InChI is InChI=1S/C12H14ClNO/c1-7-3-4-9-5-6-10(14-8(2)15)12(13)11(7)9/h5-7H,3-4H2,1-2H3,(H,14,15). The van der Waals surface area contributed by atoms with Crippen LogP contribution in [0.5, 0.6) is 0 Å². The number of hydrogen-bond acceptors (Lipinski definition) is 1. The zero-order valence-electron chi connectivity index (χ0n) is 8.93. The fourth-order valence-electron chi connectivity index (χ4n) is 2.19. The Balaban J connectivity index is 2.44. The number of anilines is 1. The minimum atomic E-state index is -0.0810. The van der Waals surface area contributed by atoms with Crippen LogP contribution < -0.4 is 5.32 Å². The average molecular weight is 224 g/mol. The minimum absolute atomic E-state index is 0.0810. The number of nitrogens with one attached hydrogen (secondary N) is 1. The van der Waals surface area contributed by atoms with E-state index in [1.165, 1.54) is 18.1 Å². The van der Waals surface area contributed by atoms with Crippen molar-refractivity contribution >= 4 is 23.2 Å². The van der Waals surface area contributed by atoms with Crippen LogP contribution in [-0.2, 0) is 11.2 Å². The second-order valence-corrected chi connectivity index (χ2v) is 4.50. The highest BCUT2D eigenvalue weighted by Gasteiger charge is 2.23. The van der Waals surface area contributed by atoms with Gasteiger partial charge in [0.15, 0.2) is 0 Å². The van der Waals surface area contributed by atoms with E-state index in [1.54, 1.807) is 0 Å². The molecule has 1 aromatic rings. The molecule has 0 fully saturated rings. The molecule has 0 saturated heterocycles. The summed E-state index contributed by atoms with van der Waals surface area (Å²) in [6.45, 7) is 3.67. The van der Waals surface area contributed by atoms with Gasteiger partial charge >= 0.3 is 0 Å². The lowest BCUT2D eigenvalue weighted by atomic mass is 10.0. The lowest BCUT2D eigenvalue weighted by molar-refractivity contribution is -0.114. The maximum absolute atomic E-state index is 11.0. The first kappa shape index (κ1) is 10.5. The molecule has 1 amide bonds. The summed E-state index contributed by atoms with van der Waals surface area (Å²) in [7, 11) is 0. The average Bonchev–Trinajstić information content (AvgIpc) is 2.53. The fourth-order valence-corrected chi connectivity index (χ4v) is 2.60. The normalized spacial score (nSPS) is 18.7. The van der Waals surface area contributed by atoms with Crippen LogP contribution in [0.25, 0.3) is 0 Å². The van der Waals surface area contributed by atoms with Gasteiger partial charge in [-0.05, 0) is 36.0 Å². The molecule has 15 heavy (non-hydrogen) atoms. The third kappa shape index (κ3) is 1.86. The van der Waals surface area contributed by atoms with Crippen LogP contribution in [0, 0.1) is 0 Å². The smallest absolute Gasteiger partial charge is 0.221 e. The molecule has 0 radical (unpaired) electrons. The molecule has 0 aliphatic heterocycles. The van der Waals surface area contributed by atoms with Gasteiger partial charge in [-0.3, -0.25) is 4.79 Å². The second kappa shape index (κ2) is 3.86. The Labute approximate surface area is 94.6 Å². The summed E-state index contributed by atoms with van der Waals surface area (Å²) in [5, 5.41) is 3.47. The molecule has 1 N–H and O–H groups in total. The van der Waals surface area contributed by atoms with Gasteiger partial charge in [0.25, 0.3) is 0 Å². The molecule has 1 aliphatic rings. The Hall–Kier alpha value is -1.02. The summed E-state index contributed by atoms with van der Waals surface area (Å²) in [5.41, 5.74) is 3.26. The highest BCUT2D eigenvalue weighted by atomic mass is 35.5. The van der Waals surface area contributed by atoms with E-state index in [0.717, 1.165) is 18.5 Å². The van der Waals surface area contributed by atoms with E-state index in [4.69, 9.17) is 11.6 Å². The van der Waals surface area contributed by atoms with Gasteiger partial charge in [-0.2, -0.15) is 0 Å². The van der Waals surface area contributed by atoms with E-state index in [1.807, 2.05) is 6.07 Å². The summed E-state index contributed by atoms with van der Waals surface area (Å²) < 4.78 is 0. The van der Waals surface area contributed by atoms with Crippen molar-refractivity contribution in [2.24, 2.45) is 0 Å². The summed E-state index contributed by atoms with van der Waals surface area (Å²) in [6.07, 6.45) is 2.25. The Morgan fingerprint density at radius 1 is 1.53 bits per heavy atom. The zero-order chi connectivity index (χ0) is 11.0. The topological polar surface area (TPSA) is 29.1 Å². The van der Waals surface area contributed by atoms with E-state index in [0.29, 0.717) is 10.9 Å². The van der Waals surface area contributed by atoms with Crippen LogP contribution in [0.15, 0.2) is 12.1 Å². The molecule has 0 aromatic heterocycles. The lowest BCUT2D eigenvalue weighted by Gasteiger charge is -2.12. The molecule has 1 unspecified atom stereocenters. The van der Waals surface area contributed by atoms with Crippen molar-refractivity contribution in [2.75, 3.05) is 5.32 Å². The van der Waals surface area contributed by atoms with E-state index >= 15 is 0 Å². The number of aryl methyl sites for hydroxylation is 1. The van der Waals surface area contributed by atoms with Crippen molar-refractivity contribution < 1.29 is 4.79 Å². The largest absolute Gasteiger partial charge is 0.325 e. The maximum Gasteiger partial charge on any atom is 0.221 e. The Morgan fingerprint density at radius 3 is 2.93 bits per heavy atom. The molecule has 0 heterocycles. The Morgan fingerprint density at radius 2 is 2.27 bits per heavy atom.